The number of urea groups is 1. The van der Waals surface area contributed by atoms with Gasteiger partial charge in [0.2, 0.25) is 0 Å². The van der Waals surface area contributed by atoms with Crippen LogP contribution >= 0.6 is 22.6 Å². The minimum Gasteiger partial charge on any atom is -0.493 e. The van der Waals surface area contributed by atoms with Gasteiger partial charge >= 0.3 is 6.03 Å². The summed E-state index contributed by atoms with van der Waals surface area (Å²) in [5, 5.41) is 6.21. The predicted molar refractivity (Wildman–Crippen MR) is 131 cm³/mol. The molecule has 0 aromatic heterocycles. The molecule has 2 aromatic carbocycles. The van der Waals surface area contributed by atoms with Crippen molar-refractivity contribution in [3.05, 3.63) is 51.6 Å². The maximum absolute atomic E-state index is 12.6. The number of fused-ring (bicyclic) bond motifs is 1. The fourth-order valence-corrected chi connectivity index (χ4v) is 5.82. The van der Waals surface area contributed by atoms with Crippen LogP contribution in [0.25, 0.3) is 0 Å². The second-order valence-corrected chi connectivity index (χ2v) is 9.68. The van der Waals surface area contributed by atoms with E-state index in [0.29, 0.717) is 6.04 Å². The van der Waals surface area contributed by atoms with Crippen molar-refractivity contribution in [2.45, 2.75) is 43.2 Å². The van der Waals surface area contributed by atoms with Crippen molar-refractivity contribution >= 4 is 34.3 Å². The minimum atomic E-state index is -0.131. The first-order valence-corrected chi connectivity index (χ1v) is 11.8. The van der Waals surface area contributed by atoms with Crippen LogP contribution in [0, 0.1) is 3.57 Å². The second-order valence-electron chi connectivity index (χ2n) is 8.52. The number of para-hydroxylation sites is 1. The highest BCUT2D eigenvalue weighted by Crippen LogP contribution is 2.49. The molecule has 0 radical (unpaired) electrons. The van der Waals surface area contributed by atoms with Crippen LogP contribution in [0.2, 0.25) is 0 Å². The van der Waals surface area contributed by atoms with E-state index >= 15 is 0 Å². The number of nitrogens with zero attached hydrogens (tertiary/aromatic N) is 1. The van der Waals surface area contributed by atoms with Gasteiger partial charge in [-0.2, -0.15) is 0 Å². The van der Waals surface area contributed by atoms with Crippen molar-refractivity contribution in [1.82, 2.24) is 10.2 Å². The van der Waals surface area contributed by atoms with Crippen molar-refractivity contribution in [3.8, 4) is 11.5 Å². The molecule has 0 spiro atoms. The van der Waals surface area contributed by atoms with Gasteiger partial charge in [0.25, 0.3) is 0 Å². The van der Waals surface area contributed by atoms with E-state index in [0.717, 1.165) is 53.0 Å². The predicted octanol–water partition coefficient (Wildman–Crippen LogP) is 4.62. The minimum absolute atomic E-state index is 0.0811. The third kappa shape index (κ3) is 4.35. The number of anilines is 1. The Labute approximate surface area is 197 Å². The highest BCUT2D eigenvalue weighted by molar-refractivity contribution is 14.1. The van der Waals surface area contributed by atoms with Gasteiger partial charge < -0.3 is 25.0 Å². The number of likely N-dealkylation sites (N-methyl/N-ethyl adjacent to an activating group) is 1. The van der Waals surface area contributed by atoms with Gasteiger partial charge in [0.15, 0.2) is 11.5 Å². The molecule has 2 aromatic rings. The van der Waals surface area contributed by atoms with Gasteiger partial charge in [-0.3, -0.25) is 0 Å². The lowest BCUT2D eigenvalue weighted by atomic mass is 9.65. The topological polar surface area (TPSA) is 62.8 Å². The molecule has 3 atom stereocenters. The summed E-state index contributed by atoms with van der Waals surface area (Å²) in [4.78, 5) is 15.1. The fraction of sp³-hybridized carbons (Fsp3) is 0.458. The van der Waals surface area contributed by atoms with E-state index in [2.05, 4.69) is 57.3 Å². The third-order valence-corrected chi connectivity index (χ3v) is 7.88. The molecule has 1 aliphatic heterocycles. The molecule has 1 aliphatic carbocycles. The Morgan fingerprint density at radius 2 is 1.90 bits per heavy atom. The number of amides is 2. The molecule has 2 N–H and O–H groups in total. The van der Waals surface area contributed by atoms with Crippen LogP contribution in [-0.2, 0) is 5.41 Å². The Hall–Kier alpha value is -2.00. The lowest BCUT2D eigenvalue weighted by molar-refractivity contribution is 0.156. The average Bonchev–Trinajstić information content (AvgIpc) is 3.12. The number of halogens is 1. The van der Waals surface area contributed by atoms with Crippen LogP contribution in [-0.4, -0.2) is 50.8 Å². The van der Waals surface area contributed by atoms with Gasteiger partial charge in [-0.15, -0.1) is 0 Å². The first kappa shape index (κ1) is 22.2. The van der Waals surface area contributed by atoms with Crippen LogP contribution < -0.4 is 20.1 Å². The van der Waals surface area contributed by atoms with Crippen LogP contribution in [0.5, 0.6) is 11.5 Å². The Bertz CT molecular complexity index is 953. The highest BCUT2D eigenvalue weighted by Gasteiger charge is 2.50. The summed E-state index contributed by atoms with van der Waals surface area (Å²) in [7, 11) is 5.55. The summed E-state index contributed by atoms with van der Waals surface area (Å²) < 4.78 is 12.0. The molecule has 2 fully saturated rings. The molecule has 1 saturated carbocycles. The molecule has 4 rings (SSSR count). The van der Waals surface area contributed by atoms with E-state index < -0.39 is 0 Å². The molecule has 2 aliphatic rings. The van der Waals surface area contributed by atoms with Gasteiger partial charge in [-0.1, -0.05) is 18.2 Å². The number of hydrogen-bond acceptors (Lipinski definition) is 4. The van der Waals surface area contributed by atoms with Gasteiger partial charge in [0.05, 0.1) is 19.9 Å². The van der Waals surface area contributed by atoms with Crippen molar-refractivity contribution in [1.29, 1.82) is 0 Å². The monoisotopic (exact) mass is 535 g/mol. The lowest BCUT2D eigenvalue weighted by Gasteiger charge is -2.45. The normalized spacial score (nSPS) is 25.5. The molecule has 0 bridgehead atoms. The van der Waals surface area contributed by atoms with Gasteiger partial charge in [-0.05, 0) is 91.7 Å². The molecule has 6 nitrogen and oxygen atoms in total. The number of ether oxygens (including phenoxy) is 2. The number of hydrogen-bond donors (Lipinski definition) is 2. The molecule has 2 amide bonds. The van der Waals surface area contributed by atoms with Crippen molar-refractivity contribution in [2.24, 2.45) is 0 Å². The van der Waals surface area contributed by atoms with E-state index in [9.17, 15) is 4.79 Å². The molecule has 0 unspecified atom stereocenters. The highest BCUT2D eigenvalue weighted by atomic mass is 127. The number of rotatable bonds is 5. The Morgan fingerprint density at radius 3 is 2.65 bits per heavy atom. The molecular weight excluding hydrogens is 505 g/mol. The summed E-state index contributed by atoms with van der Waals surface area (Å²) in [6, 6.07) is 14.6. The van der Waals surface area contributed by atoms with Crippen LogP contribution in [0.1, 0.15) is 31.2 Å². The molecule has 31 heavy (non-hydrogen) atoms. The largest absolute Gasteiger partial charge is 0.493 e. The number of carbonyl (C=O) groups is 1. The van der Waals surface area contributed by atoms with E-state index in [1.54, 1.807) is 14.2 Å². The smallest absolute Gasteiger partial charge is 0.319 e. The number of benzene rings is 2. The summed E-state index contributed by atoms with van der Waals surface area (Å²) in [5.41, 5.74) is 2.23. The maximum Gasteiger partial charge on any atom is 0.319 e. The number of likely N-dealkylation sites (tertiary alicyclic amines) is 1. The standard InChI is InChI=1S/C24H30IN3O3/c1-28-13-12-24(16-8-9-20(30-2)21(14-16)31-3)11-10-17(15-22(24)28)26-23(29)27-19-7-5-4-6-18(19)25/h4-9,14,17,22H,10-13,15H2,1-3H3,(H2,26,27,29)/t17-,22+,24-/m0/s1. The van der Waals surface area contributed by atoms with E-state index in [1.807, 2.05) is 30.3 Å². The summed E-state index contributed by atoms with van der Waals surface area (Å²) in [6.45, 7) is 1.06. The van der Waals surface area contributed by atoms with Crippen molar-refractivity contribution < 1.29 is 14.3 Å². The SMILES string of the molecule is COc1ccc([C@@]23CC[C@H](NC(=O)Nc4ccccc4I)C[C@H]2N(C)CC3)cc1OC. The molecule has 166 valence electrons. The first-order chi connectivity index (χ1) is 15.0. The quantitative estimate of drug-likeness (QED) is 0.549. The lowest BCUT2D eigenvalue weighted by Crippen LogP contribution is -2.52. The molecule has 7 heteroatoms. The third-order valence-electron chi connectivity index (χ3n) is 6.94. The maximum atomic E-state index is 12.6. The van der Waals surface area contributed by atoms with Crippen LogP contribution in [0.15, 0.2) is 42.5 Å². The number of methoxy groups -OCH3 is 2. The number of nitrogens with one attached hydrogen (secondary N) is 2. The Balaban J connectivity index is 1.49. The van der Waals surface area contributed by atoms with Crippen LogP contribution in [0.4, 0.5) is 10.5 Å². The molecular formula is C24H30IN3O3. The van der Waals surface area contributed by atoms with E-state index in [-0.39, 0.29) is 17.5 Å². The average molecular weight is 535 g/mol. The van der Waals surface area contributed by atoms with Gasteiger partial charge in [-0.25, -0.2) is 4.79 Å². The summed E-state index contributed by atoms with van der Waals surface area (Å²) in [5.74, 6) is 1.54. The van der Waals surface area contributed by atoms with Crippen LogP contribution in [0.3, 0.4) is 0 Å². The first-order valence-electron chi connectivity index (χ1n) is 10.7. The van der Waals surface area contributed by atoms with E-state index in [4.69, 9.17) is 9.47 Å². The van der Waals surface area contributed by atoms with Crippen molar-refractivity contribution in [3.63, 3.8) is 0 Å². The zero-order valence-corrected chi connectivity index (χ0v) is 20.4. The summed E-state index contributed by atoms with van der Waals surface area (Å²) in [6.07, 6.45) is 4.04. The van der Waals surface area contributed by atoms with Gasteiger partial charge in [0, 0.05) is 21.1 Å². The zero-order chi connectivity index (χ0) is 22.0. The zero-order valence-electron chi connectivity index (χ0n) is 18.3. The molecule has 1 heterocycles. The Kier molecular flexibility index (Phi) is 6.62. The fourth-order valence-electron chi connectivity index (χ4n) is 5.30. The van der Waals surface area contributed by atoms with Gasteiger partial charge in [0.1, 0.15) is 0 Å². The van der Waals surface area contributed by atoms with E-state index in [1.165, 1.54) is 5.56 Å². The van der Waals surface area contributed by atoms with Crippen molar-refractivity contribution in [2.75, 3.05) is 33.1 Å². The Morgan fingerprint density at radius 1 is 1.13 bits per heavy atom. The second kappa shape index (κ2) is 9.24. The molecule has 1 saturated heterocycles. The number of carbonyl (C=O) groups excluding carboxylic acids is 1. The summed E-state index contributed by atoms with van der Waals surface area (Å²) >= 11 is 2.24.